The Hall–Kier alpha value is -2.04. The molecule has 0 spiro atoms. The van der Waals surface area contributed by atoms with Gasteiger partial charge in [0.25, 0.3) is 0 Å². The fourth-order valence-corrected chi connectivity index (χ4v) is 3.66. The number of fused-ring (bicyclic) bond motifs is 1. The first-order valence-corrected chi connectivity index (χ1v) is 9.20. The first kappa shape index (κ1) is 17.8. The summed E-state index contributed by atoms with van der Waals surface area (Å²) in [5.74, 6) is 0.476. The second-order valence-electron chi connectivity index (χ2n) is 8.07. The number of hydrogen-bond donors (Lipinski definition) is 0. The van der Waals surface area contributed by atoms with Crippen molar-refractivity contribution in [3.63, 3.8) is 0 Å². The summed E-state index contributed by atoms with van der Waals surface area (Å²) in [7, 11) is 0. The molecule has 1 unspecified atom stereocenters. The van der Waals surface area contributed by atoms with Crippen LogP contribution in [0.5, 0.6) is 0 Å². The number of hydrogen-bond acceptors (Lipinski definition) is 3. The monoisotopic (exact) mass is 344 g/mol. The first-order chi connectivity index (χ1) is 11.8. The largest absolute Gasteiger partial charge is 0.444 e. The maximum atomic E-state index is 12.5. The number of carbonyl (C=O) groups excluding carboxylic acids is 2. The lowest BCUT2D eigenvalue weighted by Crippen LogP contribution is -2.47. The van der Waals surface area contributed by atoms with Crippen LogP contribution in [-0.4, -0.2) is 42.1 Å². The van der Waals surface area contributed by atoms with Crippen LogP contribution >= 0.6 is 0 Å². The molecule has 2 amide bonds. The highest BCUT2D eigenvalue weighted by Crippen LogP contribution is 2.30. The fraction of sp³-hybridized carbons (Fsp3) is 0.600. The molecule has 0 aromatic heterocycles. The lowest BCUT2D eigenvalue weighted by Gasteiger charge is -2.38. The van der Waals surface area contributed by atoms with Crippen molar-refractivity contribution in [2.75, 3.05) is 24.5 Å². The van der Waals surface area contributed by atoms with E-state index < -0.39 is 5.60 Å². The first-order valence-electron chi connectivity index (χ1n) is 9.20. The van der Waals surface area contributed by atoms with E-state index in [0.29, 0.717) is 19.5 Å². The molecule has 1 fully saturated rings. The number of rotatable bonds is 2. The molecule has 2 heterocycles. The van der Waals surface area contributed by atoms with Crippen molar-refractivity contribution < 1.29 is 14.3 Å². The summed E-state index contributed by atoms with van der Waals surface area (Å²) >= 11 is 0. The van der Waals surface area contributed by atoms with Gasteiger partial charge >= 0.3 is 6.09 Å². The second kappa shape index (κ2) is 7.06. The van der Waals surface area contributed by atoms with E-state index in [1.807, 2.05) is 43.9 Å². The highest BCUT2D eigenvalue weighted by molar-refractivity contribution is 5.96. The van der Waals surface area contributed by atoms with Crippen molar-refractivity contribution in [1.82, 2.24) is 4.90 Å². The van der Waals surface area contributed by atoms with Crippen LogP contribution in [0.3, 0.4) is 0 Å². The molecule has 0 saturated carbocycles. The molecule has 0 aliphatic carbocycles. The Morgan fingerprint density at radius 3 is 2.76 bits per heavy atom. The zero-order valence-corrected chi connectivity index (χ0v) is 15.5. The van der Waals surface area contributed by atoms with Gasteiger partial charge < -0.3 is 14.5 Å². The number of aryl methyl sites for hydroxylation is 1. The summed E-state index contributed by atoms with van der Waals surface area (Å²) in [5, 5.41) is 0. The van der Waals surface area contributed by atoms with Gasteiger partial charge in [0.2, 0.25) is 5.91 Å². The Balaban J connectivity index is 1.67. The molecule has 1 saturated heterocycles. The van der Waals surface area contributed by atoms with Gasteiger partial charge in [-0.05, 0) is 57.6 Å². The molecule has 0 bridgehead atoms. The van der Waals surface area contributed by atoms with Crippen LogP contribution in [0, 0.1) is 5.92 Å². The maximum absolute atomic E-state index is 12.5. The van der Waals surface area contributed by atoms with Crippen molar-refractivity contribution >= 4 is 17.7 Å². The predicted octanol–water partition coefficient (Wildman–Crippen LogP) is 3.61. The van der Waals surface area contributed by atoms with Gasteiger partial charge in [0.15, 0.2) is 0 Å². The number of carbonyl (C=O) groups is 2. The molecule has 1 atom stereocenters. The van der Waals surface area contributed by atoms with Crippen LogP contribution in [0.4, 0.5) is 10.5 Å². The highest BCUT2D eigenvalue weighted by atomic mass is 16.6. The molecule has 3 rings (SSSR count). The summed E-state index contributed by atoms with van der Waals surface area (Å²) in [5.41, 5.74) is 1.79. The van der Waals surface area contributed by atoms with E-state index in [1.54, 1.807) is 4.90 Å². The van der Waals surface area contributed by atoms with E-state index in [1.165, 1.54) is 5.56 Å². The van der Waals surface area contributed by atoms with Crippen LogP contribution in [0.25, 0.3) is 0 Å². The van der Waals surface area contributed by atoms with Crippen molar-refractivity contribution in [2.24, 2.45) is 5.92 Å². The zero-order chi connectivity index (χ0) is 18.0. The van der Waals surface area contributed by atoms with Gasteiger partial charge in [-0.1, -0.05) is 18.2 Å². The number of benzene rings is 1. The lowest BCUT2D eigenvalue weighted by atomic mass is 9.95. The van der Waals surface area contributed by atoms with E-state index >= 15 is 0 Å². The summed E-state index contributed by atoms with van der Waals surface area (Å²) in [6.07, 6.45) is 3.13. The molecule has 136 valence electrons. The standard InChI is InChI=1S/C20H28N2O3/c1-20(2,3)25-19(24)21-12-6-7-15(13-21)14-22-17-9-5-4-8-16(17)10-11-18(22)23/h4-5,8-9,15H,6-7,10-14H2,1-3H3. The quantitative estimate of drug-likeness (QED) is 0.823. The fourth-order valence-electron chi connectivity index (χ4n) is 3.66. The second-order valence-corrected chi connectivity index (χ2v) is 8.07. The number of anilines is 1. The third kappa shape index (κ3) is 4.33. The molecule has 0 N–H and O–H groups in total. The third-order valence-corrected chi connectivity index (χ3v) is 4.80. The summed E-state index contributed by atoms with van der Waals surface area (Å²) in [6, 6.07) is 8.14. The zero-order valence-electron chi connectivity index (χ0n) is 15.5. The minimum atomic E-state index is -0.480. The van der Waals surface area contributed by atoms with Gasteiger partial charge in [0, 0.05) is 31.7 Å². The SMILES string of the molecule is CC(C)(C)OC(=O)N1CCCC(CN2C(=O)CCc3ccccc32)C1. The Morgan fingerprint density at radius 2 is 2.00 bits per heavy atom. The molecule has 2 aliphatic heterocycles. The molecule has 5 heteroatoms. The average Bonchev–Trinajstić information content (AvgIpc) is 2.56. The van der Waals surface area contributed by atoms with E-state index in [9.17, 15) is 9.59 Å². The van der Waals surface area contributed by atoms with Crippen LogP contribution < -0.4 is 4.90 Å². The number of nitrogens with zero attached hydrogens (tertiary/aromatic N) is 2. The molecule has 1 aromatic rings. The molecule has 2 aliphatic rings. The van der Waals surface area contributed by atoms with Gasteiger partial charge in [-0.25, -0.2) is 4.79 Å². The topological polar surface area (TPSA) is 49.9 Å². The van der Waals surface area contributed by atoms with Crippen LogP contribution in [-0.2, 0) is 16.0 Å². The Bertz CT molecular complexity index is 651. The number of para-hydroxylation sites is 1. The molecular formula is C20H28N2O3. The summed E-state index contributed by atoms with van der Waals surface area (Å²) in [6.45, 7) is 7.72. The minimum absolute atomic E-state index is 0.188. The molecule has 5 nitrogen and oxygen atoms in total. The molecule has 25 heavy (non-hydrogen) atoms. The van der Waals surface area contributed by atoms with Gasteiger partial charge in [-0.15, -0.1) is 0 Å². The molecule has 1 aromatic carbocycles. The number of amides is 2. The van der Waals surface area contributed by atoms with E-state index in [2.05, 4.69) is 6.07 Å². The number of ether oxygens (including phenoxy) is 1. The van der Waals surface area contributed by atoms with Crippen molar-refractivity contribution in [1.29, 1.82) is 0 Å². The van der Waals surface area contributed by atoms with Crippen LogP contribution in [0.1, 0.15) is 45.6 Å². The summed E-state index contributed by atoms with van der Waals surface area (Å²) in [4.78, 5) is 28.5. The maximum Gasteiger partial charge on any atom is 0.410 e. The third-order valence-electron chi connectivity index (χ3n) is 4.80. The van der Waals surface area contributed by atoms with Crippen molar-refractivity contribution in [3.8, 4) is 0 Å². The Labute approximate surface area is 149 Å². The van der Waals surface area contributed by atoms with Crippen molar-refractivity contribution in [2.45, 2.75) is 52.1 Å². The van der Waals surface area contributed by atoms with Crippen LogP contribution in [0.2, 0.25) is 0 Å². The lowest BCUT2D eigenvalue weighted by molar-refractivity contribution is -0.119. The van der Waals surface area contributed by atoms with E-state index in [-0.39, 0.29) is 17.9 Å². The van der Waals surface area contributed by atoms with Crippen LogP contribution in [0.15, 0.2) is 24.3 Å². The Morgan fingerprint density at radius 1 is 1.24 bits per heavy atom. The van der Waals surface area contributed by atoms with Gasteiger partial charge in [-0.3, -0.25) is 4.79 Å². The van der Waals surface area contributed by atoms with E-state index in [0.717, 1.165) is 31.5 Å². The van der Waals surface area contributed by atoms with Gasteiger partial charge in [0.1, 0.15) is 5.60 Å². The molecular weight excluding hydrogens is 316 g/mol. The van der Waals surface area contributed by atoms with E-state index in [4.69, 9.17) is 4.74 Å². The Kier molecular flexibility index (Phi) is 5.02. The van der Waals surface area contributed by atoms with Gasteiger partial charge in [-0.2, -0.15) is 0 Å². The normalized spacial score (nSPS) is 21.1. The predicted molar refractivity (Wildman–Crippen MR) is 97.6 cm³/mol. The summed E-state index contributed by atoms with van der Waals surface area (Å²) < 4.78 is 5.50. The number of likely N-dealkylation sites (tertiary alicyclic amines) is 1. The minimum Gasteiger partial charge on any atom is -0.444 e. The average molecular weight is 344 g/mol. The van der Waals surface area contributed by atoms with Gasteiger partial charge in [0.05, 0.1) is 0 Å². The number of piperidine rings is 1. The smallest absolute Gasteiger partial charge is 0.410 e. The van der Waals surface area contributed by atoms with Crippen molar-refractivity contribution in [3.05, 3.63) is 29.8 Å². The highest BCUT2D eigenvalue weighted by Gasteiger charge is 2.31. The molecule has 0 radical (unpaired) electrons.